The van der Waals surface area contributed by atoms with Crippen LogP contribution in [0.4, 0.5) is 0 Å². The second-order valence-corrected chi connectivity index (χ2v) is 5.68. The molecule has 0 spiro atoms. The van der Waals surface area contributed by atoms with Gasteiger partial charge in [-0.25, -0.2) is 4.98 Å². The van der Waals surface area contributed by atoms with Crippen LogP contribution in [0.5, 0.6) is 0 Å². The van der Waals surface area contributed by atoms with Crippen molar-refractivity contribution in [3.05, 3.63) is 51.5 Å². The number of nitrogens with zero attached hydrogens (tertiary/aromatic N) is 1. The van der Waals surface area contributed by atoms with Crippen LogP contribution in [-0.2, 0) is 19.4 Å². The third-order valence-electron chi connectivity index (χ3n) is 3.42. The first kappa shape index (κ1) is 10.9. The third kappa shape index (κ3) is 2.13. The fraction of sp³-hybridized carbons (Fsp3) is 0.357. The number of hydrogen-bond acceptors (Lipinski definition) is 3. The van der Waals surface area contributed by atoms with Gasteiger partial charge in [0, 0.05) is 12.1 Å². The molecule has 2 nitrogen and oxygen atoms in total. The molecule has 1 aromatic heterocycles. The molecule has 88 valence electrons. The van der Waals surface area contributed by atoms with Crippen LogP contribution in [0.2, 0.25) is 0 Å². The van der Waals surface area contributed by atoms with Crippen LogP contribution in [0, 0.1) is 0 Å². The molecular weight excluding hydrogens is 230 g/mol. The summed E-state index contributed by atoms with van der Waals surface area (Å²) < 4.78 is 0. The van der Waals surface area contributed by atoms with E-state index in [2.05, 4.69) is 29.2 Å². The number of aliphatic hydroxyl groups is 1. The molecule has 1 atom stereocenters. The fourth-order valence-electron chi connectivity index (χ4n) is 2.49. The van der Waals surface area contributed by atoms with E-state index < -0.39 is 0 Å². The Morgan fingerprint density at radius 3 is 2.88 bits per heavy atom. The van der Waals surface area contributed by atoms with E-state index in [0.717, 1.165) is 17.7 Å². The third-order valence-corrected chi connectivity index (χ3v) is 4.57. The summed E-state index contributed by atoms with van der Waals surface area (Å²) in [6.07, 6.45) is 5.22. The summed E-state index contributed by atoms with van der Waals surface area (Å²) in [7, 11) is 0. The molecule has 3 rings (SSSR count). The van der Waals surface area contributed by atoms with Gasteiger partial charge in [-0.2, -0.15) is 0 Å². The van der Waals surface area contributed by atoms with Gasteiger partial charge >= 0.3 is 0 Å². The zero-order valence-electron chi connectivity index (χ0n) is 9.60. The topological polar surface area (TPSA) is 33.1 Å². The molecule has 1 heterocycles. The summed E-state index contributed by atoms with van der Waals surface area (Å²) in [5.74, 6) is 0.537. The summed E-state index contributed by atoms with van der Waals surface area (Å²) in [5, 5.41) is 10.3. The number of aromatic nitrogens is 1. The summed E-state index contributed by atoms with van der Waals surface area (Å²) in [5.41, 5.74) is 2.95. The molecule has 0 aliphatic heterocycles. The Morgan fingerprint density at radius 1 is 1.29 bits per heavy atom. The van der Waals surface area contributed by atoms with Crippen molar-refractivity contribution in [2.45, 2.75) is 31.8 Å². The number of hydrogen-bond donors (Lipinski definition) is 1. The van der Waals surface area contributed by atoms with Gasteiger partial charge in [0.15, 0.2) is 0 Å². The SMILES string of the molecule is OCc1cnc(C2CCc3ccccc3C2)s1. The number of benzene rings is 1. The van der Waals surface area contributed by atoms with E-state index in [1.165, 1.54) is 22.6 Å². The van der Waals surface area contributed by atoms with Gasteiger partial charge in [-0.1, -0.05) is 24.3 Å². The maximum Gasteiger partial charge on any atom is 0.0962 e. The van der Waals surface area contributed by atoms with Gasteiger partial charge in [0.25, 0.3) is 0 Å². The molecule has 1 aromatic carbocycles. The number of thiazole rings is 1. The molecule has 3 heteroatoms. The normalized spacial score (nSPS) is 19.0. The maximum absolute atomic E-state index is 9.08. The van der Waals surface area contributed by atoms with Gasteiger partial charge in [0.05, 0.1) is 16.5 Å². The molecule has 0 bridgehead atoms. The average molecular weight is 245 g/mol. The highest BCUT2D eigenvalue weighted by molar-refractivity contribution is 7.11. The maximum atomic E-state index is 9.08. The second-order valence-electron chi connectivity index (χ2n) is 4.53. The summed E-state index contributed by atoms with van der Waals surface area (Å²) in [4.78, 5) is 5.41. The molecule has 0 radical (unpaired) electrons. The summed E-state index contributed by atoms with van der Waals surface area (Å²) in [6.45, 7) is 0.112. The van der Waals surface area contributed by atoms with Crippen LogP contribution in [0.3, 0.4) is 0 Å². The van der Waals surface area contributed by atoms with Crippen molar-refractivity contribution in [3.63, 3.8) is 0 Å². The molecular formula is C14H15NOS. The van der Waals surface area contributed by atoms with Crippen LogP contribution in [0.15, 0.2) is 30.5 Å². The van der Waals surface area contributed by atoms with Gasteiger partial charge in [0.1, 0.15) is 0 Å². The first-order valence-electron chi connectivity index (χ1n) is 5.99. The summed E-state index contributed by atoms with van der Waals surface area (Å²) >= 11 is 1.65. The Hall–Kier alpha value is -1.19. The number of aryl methyl sites for hydroxylation is 1. The highest BCUT2D eigenvalue weighted by atomic mass is 32.1. The van der Waals surface area contributed by atoms with Crippen molar-refractivity contribution in [2.75, 3.05) is 0 Å². The molecule has 1 aliphatic rings. The van der Waals surface area contributed by atoms with Gasteiger partial charge in [-0.3, -0.25) is 0 Å². The monoisotopic (exact) mass is 245 g/mol. The highest BCUT2D eigenvalue weighted by Gasteiger charge is 2.22. The highest BCUT2D eigenvalue weighted by Crippen LogP contribution is 2.34. The van der Waals surface area contributed by atoms with Crippen LogP contribution < -0.4 is 0 Å². The molecule has 0 saturated carbocycles. The molecule has 0 fully saturated rings. The fourth-order valence-corrected chi connectivity index (χ4v) is 3.40. The van der Waals surface area contributed by atoms with Gasteiger partial charge < -0.3 is 5.11 Å². The number of rotatable bonds is 2. The summed E-state index contributed by atoms with van der Waals surface area (Å²) in [6, 6.07) is 8.68. The van der Waals surface area contributed by atoms with E-state index in [1.807, 2.05) is 0 Å². The van der Waals surface area contributed by atoms with Gasteiger partial charge in [0.2, 0.25) is 0 Å². The molecule has 1 unspecified atom stereocenters. The first-order valence-corrected chi connectivity index (χ1v) is 6.80. The van der Waals surface area contributed by atoms with E-state index in [1.54, 1.807) is 17.5 Å². The Kier molecular flexibility index (Phi) is 2.95. The Morgan fingerprint density at radius 2 is 2.12 bits per heavy atom. The first-order chi connectivity index (χ1) is 8.36. The lowest BCUT2D eigenvalue weighted by molar-refractivity contribution is 0.285. The molecule has 17 heavy (non-hydrogen) atoms. The minimum atomic E-state index is 0.112. The minimum absolute atomic E-state index is 0.112. The Labute approximate surface area is 105 Å². The number of aliphatic hydroxyl groups excluding tert-OH is 1. The van der Waals surface area contributed by atoms with Crippen LogP contribution in [-0.4, -0.2) is 10.1 Å². The average Bonchev–Trinajstić information content (AvgIpc) is 2.87. The zero-order valence-corrected chi connectivity index (χ0v) is 10.4. The van der Waals surface area contributed by atoms with Crippen molar-refractivity contribution in [1.29, 1.82) is 0 Å². The molecule has 1 aliphatic carbocycles. The predicted octanol–water partition coefficient (Wildman–Crippen LogP) is 2.91. The van der Waals surface area contributed by atoms with E-state index in [4.69, 9.17) is 5.11 Å². The van der Waals surface area contributed by atoms with Crippen molar-refractivity contribution in [2.24, 2.45) is 0 Å². The lowest BCUT2D eigenvalue weighted by Crippen LogP contribution is -2.12. The lowest BCUT2D eigenvalue weighted by Gasteiger charge is -2.22. The number of fused-ring (bicyclic) bond motifs is 1. The standard InChI is InChI=1S/C14H15NOS/c16-9-13-8-15-14(17-13)12-6-5-10-3-1-2-4-11(10)7-12/h1-4,8,12,16H,5-7,9H2. The molecule has 2 aromatic rings. The second kappa shape index (κ2) is 4.59. The molecule has 0 saturated heterocycles. The van der Waals surface area contributed by atoms with Gasteiger partial charge in [-0.15, -0.1) is 11.3 Å². The van der Waals surface area contributed by atoms with Gasteiger partial charge in [-0.05, 0) is 30.4 Å². The Bertz CT molecular complexity index is 520. The van der Waals surface area contributed by atoms with E-state index in [-0.39, 0.29) is 6.61 Å². The zero-order chi connectivity index (χ0) is 11.7. The lowest BCUT2D eigenvalue weighted by atomic mass is 9.84. The van der Waals surface area contributed by atoms with E-state index in [0.29, 0.717) is 5.92 Å². The molecule has 0 amide bonds. The smallest absolute Gasteiger partial charge is 0.0962 e. The van der Waals surface area contributed by atoms with Crippen LogP contribution in [0.25, 0.3) is 0 Å². The van der Waals surface area contributed by atoms with Crippen molar-refractivity contribution >= 4 is 11.3 Å². The van der Waals surface area contributed by atoms with Crippen LogP contribution in [0.1, 0.15) is 33.4 Å². The quantitative estimate of drug-likeness (QED) is 0.882. The predicted molar refractivity (Wildman–Crippen MR) is 69.2 cm³/mol. The Balaban J connectivity index is 1.84. The molecule has 1 N–H and O–H groups in total. The van der Waals surface area contributed by atoms with Crippen molar-refractivity contribution in [1.82, 2.24) is 4.98 Å². The van der Waals surface area contributed by atoms with Crippen molar-refractivity contribution in [3.8, 4) is 0 Å². The minimum Gasteiger partial charge on any atom is -0.391 e. The van der Waals surface area contributed by atoms with E-state index in [9.17, 15) is 0 Å². The van der Waals surface area contributed by atoms with Crippen LogP contribution >= 0.6 is 11.3 Å². The largest absolute Gasteiger partial charge is 0.391 e. The van der Waals surface area contributed by atoms with E-state index >= 15 is 0 Å². The van der Waals surface area contributed by atoms with Crippen molar-refractivity contribution < 1.29 is 5.11 Å².